The summed E-state index contributed by atoms with van der Waals surface area (Å²) in [6.07, 6.45) is 1.16. The van der Waals surface area contributed by atoms with Crippen LogP contribution in [0.3, 0.4) is 0 Å². The second-order valence-corrected chi connectivity index (χ2v) is 8.34. The Morgan fingerprint density at radius 3 is 2.30 bits per heavy atom. The summed E-state index contributed by atoms with van der Waals surface area (Å²) >= 11 is 0. The summed E-state index contributed by atoms with van der Waals surface area (Å²) in [7, 11) is -3.99. The Bertz CT molecular complexity index is 1150. The van der Waals surface area contributed by atoms with Gasteiger partial charge in [0.1, 0.15) is 12.4 Å². The molecule has 0 unspecified atom stereocenters. The molecule has 0 bridgehead atoms. The van der Waals surface area contributed by atoms with E-state index in [0.717, 1.165) is 16.1 Å². The minimum absolute atomic E-state index is 0.0632. The largest absolute Gasteiger partial charge is 0.271 e. The highest BCUT2D eigenvalue weighted by Gasteiger charge is 2.26. The fourth-order valence-corrected chi connectivity index (χ4v) is 4.11. The maximum Gasteiger partial charge on any atom is 0.264 e. The molecule has 0 saturated carbocycles. The standard InChI is InChI=1S/C22H20FN3O3S/c1-17-11-13-19(14-12-17)26(30(28,29)20-8-3-2-4-9-20)16-22(27)25-24-15-18-7-5-6-10-21(18)23/h2-15H,16H2,1H3,(H,25,27)/b24-15-. The van der Waals surface area contributed by atoms with E-state index in [1.165, 1.54) is 24.3 Å². The summed E-state index contributed by atoms with van der Waals surface area (Å²) < 4.78 is 40.9. The van der Waals surface area contributed by atoms with E-state index in [1.54, 1.807) is 54.6 Å². The van der Waals surface area contributed by atoms with Gasteiger partial charge in [0.05, 0.1) is 16.8 Å². The van der Waals surface area contributed by atoms with Gasteiger partial charge in [-0.25, -0.2) is 18.2 Å². The molecule has 0 aliphatic heterocycles. The van der Waals surface area contributed by atoms with Crippen molar-refractivity contribution in [2.24, 2.45) is 5.10 Å². The van der Waals surface area contributed by atoms with Crippen LogP contribution in [0.25, 0.3) is 0 Å². The number of benzene rings is 3. The van der Waals surface area contributed by atoms with Crippen molar-refractivity contribution in [3.63, 3.8) is 0 Å². The van der Waals surface area contributed by atoms with Gasteiger partial charge < -0.3 is 0 Å². The topological polar surface area (TPSA) is 78.8 Å². The fourth-order valence-electron chi connectivity index (χ4n) is 2.67. The van der Waals surface area contributed by atoms with E-state index in [1.807, 2.05) is 6.92 Å². The van der Waals surface area contributed by atoms with Gasteiger partial charge in [-0.2, -0.15) is 5.10 Å². The first-order chi connectivity index (χ1) is 14.4. The normalized spacial score (nSPS) is 11.4. The quantitative estimate of drug-likeness (QED) is 0.465. The van der Waals surface area contributed by atoms with E-state index in [-0.39, 0.29) is 10.5 Å². The van der Waals surface area contributed by atoms with E-state index in [4.69, 9.17) is 0 Å². The highest BCUT2D eigenvalue weighted by molar-refractivity contribution is 7.92. The highest BCUT2D eigenvalue weighted by Crippen LogP contribution is 2.23. The molecule has 3 aromatic carbocycles. The molecular formula is C22H20FN3O3S. The number of hydrazone groups is 1. The van der Waals surface area contributed by atoms with Crippen molar-refractivity contribution in [3.05, 3.63) is 95.8 Å². The summed E-state index contributed by atoms with van der Waals surface area (Å²) in [5.41, 5.74) is 3.75. The number of sulfonamides is 1. The molecule has 0 aromatic heterocycles. The maximum atomic E-state index is 13.6. The van der Waals surface area contributed by atoms with Crippen molar-refractivity contribution in [3.8, 4) is 0 Å². The Kier molecular flexibility index (Phi) is 6.58. The second kappa shape index (κ2) is 9.32. The van der Waals surface area contributed by atoms with Gasteiger partial charge in [0, 0.05) is 5.56 Å². The van der Waals surface area contributed by atoms with Crippen LogP contribution in [0.2, 0.25) is 0 Å². The number of nitrogens with one attached hydrogen (secondary N) is 1. The zero-order valence-electron chi connectivity index (χ0n) is 16.2. The first kappa shape index (κ1) is 21.2. The summed E-state index contributed by atoms with van der Waals surface area (Å²) in [5, 5.41) is 3.73. The van der Waals surface area contributed by atoms with E-state index in [9.17, 15) is 17.6 Å². The van der Waals surface area contributed by atoms with E-state index >= 15 is 0 Å². The van der Waals surface area contributed by atoms with Gasteiger partial charge in [-0.3, -0.25) is 9.10 Å². The lowest BCUT2D eigenvalue weighted by molar-refractivity contribution is -0.119. The number of nitrogens with zero attached hydrogens (tertiary/aromatic N) is 2. The van der Waals surface area contributed by atoms with Crippen LogP contribution in [-0.4, -0.2) is 27.1 Å². The molecular weight excluding hydrogens is 405 g/mol. The molecule has 6 nitrogen and oxygen atoms in total. The molecule has 0 spiro atoms. The molecule has 0 heterocycles. The number of carbonyl (C=O) groups is 1. The molecule has 3 rings (SSSR count). The van der Waals surface area contributed by atoms with Crippen LogP contribution in [0.15, 0.2) is 88.9 Å². The number of aryl methyl sites for hydroxylation is 1. The Labute approximate surface area is 174 Å². The van der Waals surface area contributed by atoms with Gasteiger partial charge >= 0.3 is 0 Å². The molecule has 8 heteroatoms. The molecule has 0 aliphatic carbocycles. The lowest BCUT2D eigenvalue weighted by Crippen LogP contribution is -2.39. The molecule has 0 atom stereocenters. The fraction of sp³-hybridized carbons (Fsp3) is 0.0909. The average Bonchev–Trinajstić information content (AvgIpc) is 2.75. The average molecular weight is 425 g/mol. The van der Waals surface area contributed by atoms with Crippen LogP contribution in [0.4, 0.5) is 10.1 Å². The molecule has 30 heavy (non-hydrogen) atoms. The van der Waals surface area contributed by atoms with Crippen LogP contribution in [0.1, 0.15) is 11.1 Å². The number of halogens is 1. The SMILES string of the molecule is Cc1ccc(N(CC(=O)N/N=C\c2ccccc2F)S(=O)(=O)c2ccccc2)cc1. The van der Waals surface area contributed by atoms with Crippen LogP contribution in [0.5, 0.6) is 0 Å². The second-order valence-electron chi connectivity index (χ2n) is 6.47. The number of carbonyl (C=O) groups excluding carboxylic acids is 1. The van der Waals surface area contributed by atoms with Crippen molar-refractivity contribution in [2.75, 3.05) is 10.8 Å². The predicted molar refractivity (Wildman–Crippen MR) is 114 cm³/mol. The maximum absolute atomic E-state index is 13.6. The van der Waals surface area contributed by atoms with Gasteiger partial charge in [0.15, 0.2) is 0 Å². The summed E-state index contributed by atoms with van der Waals surface area (Å²) in [6.45, 7) is 1.39. The Morgan fingerprint density at radius 1 is 1.00 bits per heavy atom. The molecule has 154 valence electrons. The molecule has 0 radical (unpaired) electrons. The Hall–Kier alpha value is -3.52. The highest BCUT2D eigenvalue weighted by atomic mass is 32.2. The van der Waals surface area contributed by atoms with Crippen molar-refractivity contribution >= 4 is 27.8 Å². The third-order valence-corrected chi connectivity index (χ3v) is 6.03. The number of hydrogen-bond acceptors (Lipinski definition) is 4. The van der Waals surface area contributed by atoms with Crippen LogP contribution in [-0.2, 0) is 14.8 Å². The van der Waals surface area contributed by atoms with E-state index < -0.39 is 28.3 Å². The number of amides is 1. The Morgan fingerprint density at radius 2 is 1.63 bits per heavy atom. The van der Waals surface area contributed by atoms with E-state index in [2.05, 4.69) is 10.5 Å². The summed E-state index contributed by atoms with van der Waals surface area (Å²) in [6, 6.07) is 20.6. The molecule has 0 saturated heterocycles. The van der Waals surface area contributed by atoms with Gasteiger partial charge in [-0.15, -0.1) is 0 Å². The monoisotopic (exact) mass is 425 g/mol. The van der Waals surface area contributed by atoms with Crippen LogP contribution >= 0.6 is 0 Å². The van der Waals surface area contributed by atoms with Crippen molar-refractivity contribution in [1.82, 2.24) is 5.43 Å². The molecule has 1 N–H and O–H groups in total. The van der Waals surface area contributed by atoms with Gasteiger partial charge in [-0.05, 0) is 37.3 Å². The summed E-state index contributed by atoms with van der Waals surface area (Å²) in [4.78, 5) is 12.5. The number of anilines is 1. The first-order valence-corrected chi connectivity index (χ1v) is 10.5. The van der Waals surface area contributed by atoms with Gasteiger partial charge in [0.25, 0.3) is 15.9 Å². The lowest BCUT2D eigenvalue weighted by Gasteiger charge is -2.23. The number of rotatable bonds is 7. The van der Waals surface area contributed by atoms with Gasteiger partial charge in [0.2, 0.25) is 0 Å². The minimum Gasteiger partial charge on any atom is -0.271 e. The minimum atomic E-state index is -3.99. The van der Waals surface area contributed by atoms with Crippen LogP contribution < -0.4 is 9.73 Å². The van der Waals surface area contributed by atoms with E-state index in [0.29, 0.717) is 5.69 Å². The molecule has 1 amide bonds. The molecule has 0 fully saturated rings. The smallest absolute Gasteiger partial charge is 0.264 e. The predicted octanol–water partition coefficient (Wildman–Crippen LogP) is 3.48. The van der Waals surface area contributed by atoms with Crippen molar-refractivity contribution < 1.29 is 17.6 Å². The van der Waals surface area contributed by atoms with Crippen molar-refractivity contribution in [2.45, 2.75) is 11.8 Å². The van der Waals surface area contributed by atoms with Crippen LogP contribution in [0, 0.1) is 12.7 Å². The third kappa shape index (κ3) is 5.09. The third-order valence-electron chi connectivity index (χ3n) is 4.24. The first-order valence-electron chi connectivity index (χ1n) is 9.09. The lowest BCUT2D eigenvalue weighted by atomic mass is 10.2. The van der Waals surface area contributed by atoms with Crippen molar-refractivity contribution in [1.29, 1.82) is 0 Å². The zero-order chi connectivity index (χ0) is 21.6. The zero-order valence-corrected chi connectivity index (χ0v) is 17.0. The Balaban J connectivity index is 1.83. The number of hydrogen-bond donors (Lipinski definition) is 1. The molecule has 3 aromatic rings. The summed E-state index contributed by atoms with van der Waals surface area (Å²) in [5.74, 6) is -1.15. The van der Waals surface area contributed by atoms with Gasteiger partial charge in [-0.1, -0.05) is 54.1 Å². The molecule has 0 aliphatic rings.